The molecule has 1 N–H and O–H groups in total. The van der Waals surface area contributed by atoms with E-state index in [2.05, 4.69) is 24.1 Å². The third kappa shape index (κ3) is 5.39. The predicted molar refractivity (Wildman–Crippen MR) is 109 cm³/mol. The Morgan fingerprint density at radius 2 is 2.03 bits per heavy atom. The number of hydrogen-bond acceptors (Lipinski definition) is 3. The quantitative estimate of drug-likeness (QED) is 0.501. The van der Waals surface area contributed by atoms with E-state index in [4.69, 9.17) is 11.6 Å². The van der Waals surface area contributed by atoms with Crippen LogP contribution in [0, 0.1) is 5.92 Å². The topological polar surface area (TPSA) is 46.9 Å². The minimum Gasteiger partial charge on any atom is -0.339 e. The average molecular weight is 442 g/mol. The molecule has 0 aliphatic heterocycles. The molecule has 2 heterocycles. The number of rotatable bonds is 6. The average Bonchev–Trinajstić information content (AvgIpc) is 3.25. The first-order chi connectivity index (χ1) is 13.6. The van der Waals surface area contributed by atoms with Gasteiger partial charge in [0.15, 0.2) is 5.13 Å². The van der Waals surface area contributed by atoms with Gasteiger partial charge in [0.05, 0.1) is 10.6 Å². The van der Waals surface area contributed by atoms with Crippen LogP contribution in [0.2, 0.25) is 5.02 Å². The summed E-state index contributed by atoms with van der Waals surface area (Å²) in [5.74, 6) is 0.00746. The summed E-state index contributed by atoms with van der Waals surface area (Å²) in [6.07, 6.45) is -0.412. The molecular weight excluding hydrogens is 423 g/mol. The first kappa shape index (κ1) is 21.4. The lowest BCUT2D eigenvalue weighted by Gasteiger charge is -2.13. The molecule has 1 amide bonds. The molecule has 3 aromatic rings. The number of hydrogen-bond donors (Lipinski definition) is 1. The largest absolute Gasteiger partial charge is 0.417 e. The van der Waals surface area contributed by atoms with Gasteiger partial charge >= 0.3 is 6.18 Å². The van der Waals surface area contributed by atoms with Crippen LogP contribution in [0.25, 0.3) is 0 Å². The summed E-state index contributed by atoms with van der Waals surface area (Å²) in [6, 6.07) is 5.55. The van der Waals surface area contributed by atoms with Crippen LogP contribution in [0.15, 0.2) is 42.0 Å². The maximum Gasteiger partial charge on any atom is 0.417 e. The highest BCUT2D eigenvalue weighted by Crippen LogP contribution is 2.35. The van der Waals surface area contributed by atoms with Gasteiger partial charge in [-0.05, 0) is 41.7 Å². The van der Waals surface area contributed by atoms with Gasteiger partial charge in [-0.3, -0.25) is 10.1 Å². The molecule has 2 aromatic heterocycles. The Bertz CT molecular complexity index is 997. The summed E-state index contributed by atoms with van der Waals surface area (Å²) in [7, 11) is 0. The first-order valence-electron chi connectivity index (χ1n) is 8.89. The molecule has 0 spiro atoms. The Kier molecular flexibility index (Phi) is 6.33. The van der Waals surface area contributed by atoms with Gasteiger partial charge in [0, 0.05) is 24.3 Å². The van der Waals surface area contributed by atoms with Gasteiger partial charge in [-0.25, -0.2) is 4.98 Å². The van der Waals surface area contributed by atoms with Crippen molar-refractivity contribution >= 4 is 34.0 Å². The van der Waals surface area contributed by atoms with Crippen molar-refractivity contribution in [3.63, 3.8) is 0 Å². The molecule has 0 saturated heterocycles. The van der Waals surface area contributed by atoms with Crippen molar-refractivity contribution in [3.8, 4) is 0 Å². The number of nitrogens with zero attached hydrogens (tertiary/aromatic N) is 2. The van der Waals surface area contributed by atoms with E-state index in [0.717, 1.165) is 18.1 Å². The Morgan fingerprint density at radius 1 is 1.28 bits per heavy atom. The molecule has 3 rings (SSSR count). The van der Waals surface area contributed by atoms with Gasteiger partial charge in [-0.1, -0.05) is 31.5 Å². The summed E-state index contributed by atoms with van der Waals surface area (Å²) in [5.41, 5.74) is 0.811. The van der Waals surface area contributed by atoms with Crippen LogP contribution >= 0.6 is 22.9 Å². The third-order valence-corrected chi connectivity index (χ3v) is 5.19. The summed E-state index contributed by atoms with van der Waals surface area (Å²) in [5, 5.41) is 4.57. The summed E-state index contributed by atoms with van der Waals surface area (Å²) in [4.78, 5) is 16.8. The van der Waals surface area contributed by atoms with Gasteiger partial charge < -0.3 is 4.57 Å². The fourth-order valence-electron chi connectivity index (χ4n) is 3.01. The number of aromatic nitrogens is 2. The van der Waals surface area contributed by atoms with Crippen LogP contribution in [0.4, 0.5) is 18.3 Å². The van der Waals surface area contributed by atoms with Crippen molar-refractivity contribution in [1.82, 2.24) is 9.55 Å². The number of alkyl halides is 3. The van der Waals surface area contributed by atoms with Crippen LogP contribution in [-0.2, 0) is 19.1 Å². The van der Waals surface area contributed by atoms with E-state index in [1.165, 1.54) is 23.5 Å². The van der Waals surface area contributed by atoms with Crippen molar-refractivity contribution in [3.05, 3.63) is 69.4 Å². The van der Waals surface area contributed by atoms with Crippen molar-refractivity contribution in [2.24, 2.45) is 5.92 Å². The van der Waals surface area contributed by atoms with E-state index >= 15 is 0 Å². The zero-order chi connectivity index (χ0) is 21.2. The van der Waals surface area contributed by atoms with Crippen LogP contribution in [0.1, 0.15) is 41.0 Å². The minimum absolute atomic E-state index is 0.110. The predicted octanol–water partition coefficient (Wildman–Crippen LogP) is 6.12. The van der Waals surface area contributed by atoms with Crippen LogP contribution < -0.4 is 5.32 Å². The molecule has 4 nitrogen and oxygen atoms in total. The zero-order valence-electron chi connectivity index (χ0n) is 15.8. The van der Waals surface area contributed by atoms with Gasteiger partial charge in [0.2, 0.25) is 0 Å². The SMILES string of the molecule is CC(C)Cc1cc(C(=O)Nc2nccs2)n(Cc2ccc(Cl)c(C(F)(F)F)c2)c1. The number of benzene rings is 1. The van der Waals surface area contributed by atoms with Gasteiger partial charge in [-0.2, -0.15) is 13.2 Å². The molecule has 0 radical (unpaired) electrons. The van der Waals surface area contributed by atoms with Crippen LogP contribution in [0.5, 0.6) is 0 Å². The lowest BCUT2D eigenvalue weighted by molar-refractivity contribution is -0.137. The fraction of sp³-hybridized carbons (Fsp3) is 0.300. The van der Waals surface area contributed by atoms with Crippen molar-refractivity contribution in [2.75, 3.05) is 5.32 Å². The molecule has 29 heavy (non-hydrogen) atoms. The summed E-state index contributed by atoms with van der Waals surface area (Å²) >= 11 is 7.00. The molecule has 0 aliphatic rings. The second kappa shape index (κ2) is 8.59. The van der Waals surface area contributed by atoms with Gasteiger partial charge in [0.1, 0.15) is 5.69 Å². The molecular formula is C20H19ClF3N3OS. The van der Waals surface area contributed by atoms with E-state index in [0.29, 0.717) is 22.3 Å². The zero-order valence-corrected chi connectivity index (χ0v) is 17.3. The Labute approximate surface area is 175 Å². The highest BCUT2D eigenvalue weighted by Gasteiger charge is 2.33. The van der Waals surface area contributed by atoms with Crippen LogP contribution in [-0.4, -0.2) is 15.5 Å². The lowest BCUT2D eigenvalue weighted by atomic mass is 10.1. The number of carbonyl (C=O) groups is 1. The lowest BCUT2D eigenvalue weighted by Crippen LogP contribution is -2.17. The van der Waals surface area contributed by atoms with Crippen molar-refractivity contribution in [1.29, 1.82) is 0 Å². The molecule has 154 valence electrons. The Morgan fingerprint density at radius 3 is 2.66 bits per heavy atom. The third-order valence-electron chi connectivity index (χ3n) is 4.17. The van der Waals surface area contributed by atoms with Gasteiger partial charge in [0.25, 0.3) is 5.91 Å². The number of carbonyl (C=O) groups excluding carboxylic acids is 1. The smallest absolute Gasteiger partial charge is 0.339 e. The van der Waals surface area contributed by atoms with Crippen molar-refractivity contribution in [2.45, 2.75) is 33.0 Å². The first-order valence-corrected chi connectivity index (χ1v) is 10.1. The molecule has 0 saturated carbocycles. The van der Waals surface area contributed by atoms with E-state index < -0.39 is 11.7 Å². The van der Waals surface area contributed by atoms with Crippen LogP contribution in [0.3, 0.4) is 0 Å². The highest BCUT2D eigenvalue weighted by molar-refractivity contribution is 7.13. The van der Waals surface area contributed by atoms with E-state index in [-0.39, 0.29) is 17.5 Å². The Balaban J connectivity index is 1.93. The second-order valence-electron chi connectivity index (χ2n) is 7.06. The molecule has 1 aromatic carbocycles. The van der Waals surface area contributed by atoms with E-state index in [1.54, 1.807) is 28.4 Å². The summed E-state index contributed by atoms with van der Waals surface area (Å²) < 4.78 is 41.2. The number of nitrogens with one attached hydrogen (secondary N) is 1. The molecule has 9 heteroatoms. The normalized spacial score (nSPS) is 11.8. The molecule has 0 unspecified atom stereocenters. The maximum atomic E-state index is 13.2. The van der Waals surface area contributed by atoms with E-state index in [9.17, 15) is 18.0 Å². The van der Waals surface area contributed by atoms with Gasteiger partial charge in [-0.15, -0.1) is 11.3 Å². The maximum absolute atomic E-state index is 13.2. The molecule has 0 fully saturated rings. The fourth-order valence-corrected chi connectivity index (χ4v) is 3.76. The molecule has 0 bridgehead atoms. The van der Waals surface area contributed by atoms with Crippen molar-refractivity contribution < 1.29 is 18.0 Å². The number of anilines is 1. The summed E-state index contributed by atoms with van der Waals surface area (Å²) in [6.45, 7) is 4.22. The Hall–Kier alpha value is -2.32. The molecule has 0 aliphatic carbocycles. The number of amides is 1. The second-order valence-corrected chi connectivity index (χ2v) is 8.36. The number of thiazole rings is 1. The monoisotopic (exact) mass is 441 g/mol. The molecule has 0 atom stereocenters. The highest BCUT2D eigenvalue weighted by atomic mass is 35.5. The number of halogens is 4. The van der Waals surface area contributed by atoms with E-state index in [1.807, 2.05) is 0 Å². The standard InChI is InChI=1S/C20H19ClF3N3OS/c1-12(2)7-14-9-17(18(28)26-19-25-5-6-29-19)27(11-14)10-13-3-4-16(21)15(8-13)20(22,23)24/h3-6,8-9,11-12H,7,10H2,1-2H3,(H,25,26,28). The minimum atomic E-state index is -4.54.